The van der Waals surface area contributed by atoms with Gasteiger partial charge in [-0.25, -0.2) is 0 Å². The van der Waals surface area contributed by atoms with E-state index in [1.807, 2.05) is 42.2 Å². The largest absolute Gasteiger partial charge is 0.399 e. The van der Waals surface area contributed by atoms with E-state index >= 15 is 0 Å². The SMILES string of the molecule is CCn1cc(C2=NNCN2C)c(-c2cccc(N)c2)n1. The summed E-state index contributed by atoms with van der Waals surface area (Å²) in [5.41, 5.74) is 12.5. The topological polar surface area (TPSA) is 71.5 Å². The van der Waals surface area contributed by atoms with Crippen molar-refractivity contribution in [1.29, 1.82) is 0 Å². The summed E-state index contributed by atoms with van der Waals surface area (Å²) < 4.78 is 1.92. The monoisotopic (exact) mass is 270 g/mol. The number of anilines is 1. The molecule has 0 fully saturated rings. The van der Waals surface area contributed by atoms with Crippen molar-refractivity contribution in [2.24, 2.45) is 5.10 Å². The highest BCUT2D eigenvalue weighted by atomic mass is 15.5. The molecule has 0 spiro atoms. The van der Waals surface area contributed by atoms with Crippen LogP contribution in [0.4, 0.5) is 5.69 Å². The van der Waals surface area contributed by atoms with Crippen molar-refractivity contribution in [3.8, 4) is 11.3 Å². The number of hydrogen-bond acceptors (Lipinski definition) is 5. The van der Waals surface area contributed by atoms with E-state index in [1.54, 1.807) is 0 Å². The van der Waals surface area contributed by atoms with Gasteiger partial charge in [0.25, 0.3) is 0 Å². The lowest BCUT2D eigenvalue weighted by Gasteiger charge is -2.11. The molecule has 0 saturated heterocycles. The molecule has 0 aliphatic carbocycles. The number of rotatable bonds is 3. The fourth-order valence-corrected chi connectivity index (χ4v) is 2.29. The zero-order valence-corrected chi connectivity index (χ0v) is 11.7. The maximum atomic E-state index is 5.88. The minimum absolute atomic E-state index is 0.711. The molecular weight excluding hydrogens is 252 g/mol. The van der Waals surface area contributed by atoms with E-state index in [0.29, 0.717) is 6.67 Å². The maximum absolute atomic E-state index is 5.88. The summed E-state index contributed by atoms with van der Waals surface area (Å²) in [4.78, 5) is 2.06. The molecule has 6 heteroatoms. The van der Waals surface area contributed by atoms with Crippen molar-refractivity contribution in [3.05, 3.63) is 36.0 Å². The summed E-state index contributed by atoms with van der Waals surface area (Å²) in [6.45, 7) is 3.60. The lowest BCUT2D eigenvalue weighted by atomic mass is 10.1. The fourth-order valence-electron chi connectivity index (χ4n) is 2.29. The minimum Gasteiger partial charge on any atom is -0.399 e. The molecule has 0 radical (unpaired) electrons. The van der Waals surface area contributed by atoms with Crippen molar-refractivity contribution >= 4 is 11.5 Å². The third kappa shape index (κ3) is 2.09. The number of nitrogens with two attached hydrogens (primary N) is 1. The third-order valence-electron chi connectivity index (χ3n) is 3.34. The van der Waals surface area contributed by atoms with Gasteiger partial charge >= 0.3 is 0 Å². The van der Waals surface area contributed by atoms with Crippen LogP contribution in [-0.2, 0) is 6.54 Å². The van der Waals surface area contributed by atoms with Crippen LogP contribution in [0.15, 0.2) is 35.6 Å². The average molecular weight is 270 g/mol. The predicted octanol–water partition coefficient (Wildman–Crippen LogP) is 1.31. The van der Waals surface area contributed by atoms with Crippen molar-refractivity contribution in [1.82, 2.24) is 20.1 Å². The van der Waals surface area contributed by atoms with Crippen LogP contribution < -0.4 is 11.2 Å². The Balaban J connectivity index is 2.12. The Hall–Kier alpha value is -2.50. The number of hydrogen-bond donors (Lipinski definition) is 2. The van der Waals surface area contributed by atoms with Gasteiger partial charge in [0.15, 0.2) is 5.84 Å². The molecule has 3 rings (SSSR count). The molecule has 3 N–H and O–H groups in total. The van der Waals surface area contributed by atoms with Gasteiger partial charge in [-0.05, 0) is 19.1 Å². The molecule has 0 amide bonds. The van der Waals surface area contributed by atoms with Crippen LogP contribution in [0.1, 0.15) is 12.5 Å². The number of benzene rings is 1. The van der Waals surface area contributed by atoms with Crippen LogP contribution in [0.3, 0.4) is 0 Å². The summed E-state index contributed by atoms with van der Waals surface area (Å²) in [6.07, 6.45) is 2.03. The number of nitrogen functional groups attached to an aromatic ring is 1. The van der Waals surface area contributed by atoms with E-state index in [0.717, 1.165) is 34.9 Å². The second kappa shape index (κ2) is 4.88. The van der Waals surface area contributed by atoms with Gasteiger partial charge in [0.1, 0.15) is 12.4 Å². The minimum atomic E-state index is 0.711. The van der Waals surface area contributed by atoms with Crippen molar-refractivity contribution in [2.45, 2.75) is 13.5 Å². The van der Waals surface area contributed by atoms with Gasteiger partial charge < -0.3 is 10.6 Å². The number of hydrazone groups is 1. The van der Waals surface area contributed by atoms with Crippen LogP contribution in [-0.4, -0.2) is 34.2 Å². The van der Waals surface area contributed by atoms with Crippen LogP contribution >= 0.6 is 0 Å². The smallest absolute Gasteiger partial charge is 0.160 e. The van der Waals surface area contributed by atoms with Crippen molar-refractivity contribution in [2.75, 3.05) is 19.5 Å². The maximum Gasteiger partial charge on any atom is 0.160 e. The Morgan fingerprint density at radius 1 is 1.40 bits per heavy atom. The first-order chi connectivity index (χ1) is 9.69. The number of amidine groups is 1. The van der Waals surface area contributed by atoms with Gasteiger partial charge in [0.05, 0.1) is 5.56 Å². The van der Waals surface area contributed by atoms with Gasteiger partial charge in [-0.1, -0.05) is 12.1 Å². The summed E-state index contributed by atoms with van der Waals surface area (Å²) in [5, 5.41) is 9.00. The molecule has 6 nitrogen and oxygen atoms in total. The Morgan fingerprint density at radius 2 is 2.25 bits per heavy atom. The van der Waals surface area contributed by atoms with Crippen molar-refractivity contribution in [3.63, 3.8) is 0 Å². The zero-order valence-electron chi connectivity index (χ0n) is 11.7. The molecule has 20 heavy (non-hydrogen) atoms. The first-order valence-electron chi connectivity index (χ1n) is 6.64. The summed E-state index contributed by atoms with van der Waals surface area (Å²) in [6, 6.07) is 7.78. The average Bonchev–Trinajstić information content (AvgIpc) is 3.04. The predicted molar refractivity (Wildman–Crippen MR) is 80.1 cm³/mol. The highest BCUT2D eigenvalue weighted by Crippen LogP contribution is 2.25. The second-order valence-electron chi connectivity index (χ2n) is 4.82. The molecule has 0 atom stereocenters. The Kier molecular flexibility index (Phi) is 3.06. The van der Waals surface area contributed by atoms with E-state index in [4.69, 9.17) is 5.73 Å². The molecule has 0 saturated carbocycles. The standard InChI is InChI=1S/C14H18N6/c1-3-20-8-12(14-17-16-9-19(14)2)13(18-20)10-5-4-6-11(15)7-10/h4-8,16H,3,9,15H2,1-2H3. The van der Waals surface area contributed by atoms with Crippen LogP contribution in [0.2, 0.25) is 0 Å². The van der Waals surface area contributed by atoms with Gasteiger partial charge in [0, 0.05) is 31.0 Å². The Bertz CT molecular complexity index is 657. The number of aryl methyl sites for hydroxylation is 1. The summed E-state index contributed by atoms with van der Waals surface area (Å²) >= 11 is 0. The molecule has 1 aromatic heterocycles. The molecule has 104 valence electrons. The quantitative estimate of drug-likeness (QED) is 0.825. The van der Waals surface area contributed by atoms with Gasteiger partial charge in [-0.15, -0.1) is 0 Å². The number of nitrogens with zero attached hydrogens (tertiary/aromatic N) is 4. The van der Waals surface area contributed by atoms with Crippen LogP contribution in [0.5, 0.6) is 0 Å². The first kappa shape index (κ1) is 12.5. The number of nitrogens with one attached hydrogen (secondary N) is 1. The van der Waals surface area contributed by atoms with Crippen LogP contribution in [0.25, 0.3) is 11.3 Å². The molecule has 0 unspecified atom stereocenters. The molecular formula is C14H18N6. The van der Waals surface area contributed by atoms with E-state index in [-0.39, 0.29) is 0 Å². The van der Waals surface area contributed by atoms with E-state index in [9.17, 15) is 0 Å². The third-order valence-corrected chi connectivity index (χ3v) is 3.34. The fraction of sp³-hybridized carbons (Fsp3) is 0.286. The normalized spacial score (nSPS) is 14.3. The summed E-state index contributed by atoms with van der Waals surface area (Å²) in [7, 11) is 2.01. The Labute approximate surface area is 117 Å². The van der Waals surface area contributed by atoms with Crippen LogP contribution in [0, 0.1) is 0 Å². The lowest BCUT2D eigenvalue weighted by molar-refractivity contribution is 0.506. The van der Waals surface area contributed by atoms with E-state index < -0.39 is 0 Å². The highest BCUT2D eigenvalue weighted by molar-refractivity contribution is 6.04. The Morgan fingerprint density at radius 3 is 2.90 bits per heavy atom. The molecule has 1 aliphatic heterocycles. The molecule has 0 bridgehead atoms. The van der Waals surface area contributed by atoms with Gasteiger partial charge in [0.2, 0.25) is 0 Å². The number of aromatic nitrogens is 2. The summed E-state index contributed by atoms with van der Waals surface area (Å²) in [5.74, 6) is 0.905. The molecule has 1 aromatic carbocycles. The lowest BCUT2D eigenvalue weighted by Crippen LogP contribution is -2.25. The first-order valence-corrected chi connectivity index (χ1v) is 6.64. The van der Waals surface area contributed by atoms with Gasteiger partial charge in [-0.3, -0.25) is 10.1 Å². The molecule has 2 heterocycles. The molecule has 1 aliphatic rings. The highest BCUT2D eigenvalue weighted by Gasteiger charge is 2.22. The van der Waals surface area contributed by atoms with Gasteiger partial charge in [-0.2, -0.15) is 10.2 Å². The van der Waals surface area contributed by atoms with E-state index in [1.165, 1.54) is 0 Å². The van der Waals surface area contributed by atoms with Crippen molar-refractivity contribution < 1.29 is 0 Å². The molecule has 2 aromatic rings. The van der Waals surface area contributed by atoms with E-state index in [2.05, 4.69) is 27.4 Å². The zero-order chi connectivity index (χ0) is 14.1. The second-order valence-corrected chi connectivity index (χ2v) is 4.82.